The Morgan fingerprint density at radius 2 is 1.67 bits per heavy atom. The summed E-state index contributed by atoms with van der Waals surface area (Å²) >= 11 is 1.20. The van der Waals surface area contributed by atoms with Crippen molar-refractivity contribution in [1.82, 2.24) is 9.55 Å². The van der Waals surface area contributed by atoms with E-state index in [1.165, 1.54) is 18.7 Å². The van der Waals surface area contributed by atoms with Crippen LogP contribution in [-0.4, -0.2) is 27.0 Å². The first kappa shape index (κ1) is 22.5. The Bertz CT molecular complexity index is 1420. The van der Waals surface area contributed by atoms with Gasteiger partial charge in [-0.25, -0.2) is 4.98 Å². The molecule has 4 rings (SSSR count). The average molecular weight is 458 g/mol. The molecule has 0 aliphatic carbocycles. The molecule has 1 N–H and O–H groups in total. The number of carbonyl (C=O) groups excluding carboxylic acids is 2. The molecule has 0 radical (unpaired) electrons. The second-order valence-electron chi connectivity index (χ2n) is 7.77. The van der Waals surface area contributed by atoms with E-state index >= 15 is 0 Å². The fourth-order valence-electron chi connectivity index (χ4n) is 3.71. The molecule has 6 nitrogen and oxygen atoms in total. The van der Waals surface area contributed by atoms with Crippen molar-refractivity contribution in [3.05, 3.63) is 93.8 Å². The van der Waals surface area contributed by atoms with Gasteiger partial charge < -0.3 is 5.32 Å². The maximum absolute atomic E-state index is 13.5. The smallest absolute Gasteiger partial charge is 0.266 e. The van der Waals surface area contributed by atoms with E-state index in [1.54, 1.807) is 41.0 Å². The van der Waals surface area contributed by atoms with Crippen molar-refractivity contribution in [2.24, 2.45) is 0 Å². The summed E-state index contributed by atoms with van der Waals surface area (Å²) in [5.74, 6) is -0.269. The number of para-hydroxylation sites is 2. The van der Waals surface area contributed by atoms with Gasteiger partial charge in [0.15, 0.2) is 10.9 Å². The lowest BCUT2D eigenvalue weighted by Crippen LogP contribution is -2.24. The molecule has 0 unspecified atom stereocenters. The van der Waals surface area contributed by atoms with Crippen LogP contribution in [0.15, 0.2) is 76.7 Å². The zero-order chi connectivity index (χ0) is 23.5. The lowest BCUT2D eigenvalue weighted by molar-refractivity contribution is -0.113. The molecule has 0 aliphatic heterocycles. The number of thioether (sulfide) groups is 1. The van der Waals surface area contributed by atoms with Crippen LogP contribution in [0.3, 0.4) is 0 Å². The third-order valence-corrected chi connectivity index (χ3v) is 6.23. The summed E-state index contributed by atoms with van der Waals surface area (Å²) in [5.41, 5.74) is 4.16. The van der Waals surface area contributed by atoms with Gasteiger partial charge in [-0.2, -0.15) is 0 Å². The highest BCUT2D eigenvalue weighted by atomic mass is 32.2. The molecular formula is C26H23N3O3S. The number of nitrogens with zero attached hydrogens (tertiary/aromatic N) is 2. The molecule has 4 aromatic rings. The molecule has 3 aromatic carbocycles. The number of Topliss-reactive ketones (excluding diaryl/α,β-unsaturated/α-hetero) is 1. The Labute approximate surface area is 195 Å². The quantitative estimate of drug-likeness (QED) is 0.252. The number of fused-ring (bicyclic) bond motifs is 1. The van der Waals surface area contributed by atoms with Gasteiger partial charge in [-0.1, -0.05) is 54.2 Å². The van der Waals surface area contributed by atoms with Crippen LogP contribution >= 0.6 is 11.8 Å². The zero-order valence-electron chi connectivity index (χ0n) is 18.6. The van der Waals surface area contributed by atoms with Crippen molar-refractivity contribution >= 4 is 40.0 Å². The number of ketones is 1. The Balaban J connectivity index is 1.69. The van der Waals surface area contributed by atoms with Crippen LogP contribution in [-0.2, 0) is 4.79 Å². The SMILES string of the molecule is CC(=O)c1cccc(NC(=O)CSc2nc3ccccc3c(=O)n2-c2c(C)cccc2C)c1. The molecular weight excluding hydrogens is 434 g/mol. The molecule has 1 amide bonds. The van der Waals surface area contributed by atoms with E-state index in [0.29, 0.717) is 27.3 Å². The predicted octanol–water partition coefficient (Wildman–Crippen LogP) is 4.94. The molecule has 33 heavy (non-hydrogen) atoms. The van der Waals surface area contributed by atoms with E-state index in [1.807, 2.05) is 44.2 Å². The predicted molar refractivity (Wildman–Crippen MR) is 133 cm³/mol. The fraction of sp³-hybridized carbons (Fsp3) is 0.154. The molecule has 0 saturated carbocycles. The summed E-state index contributed by atoms with van der Waals surface area (Å²) in [5, 5.41) is 3.79. The summed E-state index contributed by atoms with van der Waals surface area (Å²) in [4.78, 5) is 42.4. The highest BCUT2D eigenvalue weighted by Crippen LogP contribution is 2.25. The molecule has 1 aromatic heterocycles. The maximum atomic E-state index is 13.5. The Kier molecular flexibility index (Phi) is 6.42. The zero-order valence-corrected chi connectivity index (χ0v) is 19.4. The van der Waals surface area contributed by atoms with E-state index in [0.717, 1.165) is 16.8 Å². The van der Waals surface area contributed by atoms with Crippen LogP contribution in [0, 0.1) is 13.8 Å². The average Bonchev–Trinajstić information content (AvgIpc) is 2.79. The van der Waals surface area contributed by atoms with Gasteiger partial charge in [0.2, 0.25) is 5.91 Å². The van der Waals surface area contributed by atoms with Gasteiger partial charge in [-0.05, 0) is 56.2 Å². The summed E-state index contributed by atoms with van der Waals surface area (Å²) in [6, 6.07) is 19.9. The molecule has 0 saturated heterocycles. The Morgan fingerprint density at radius 1 is 0.970 bits per heavy atom. The number of benzene rings is 3. The van der Waals surface area contributed by atoms with E-state index in [4.69, 9.17) is 4.98 Å². The van der Waals surface area contributed by atoms with Gasteiger partial charge in [-0.15, -0.1) is 0 Å². The highest BCUT2D eigenvalue weighted by Gasteiger charge is 2.17. The number of aromatic nitrogens is 2. The minimum Gasteiger partial charge on any atom is -0.325 e. The first-order valence-corrected chi connectivity index (χ1v) is 11.5. The van der Waals surface area contributed by atoms with E-state index in [2.05, 4.69) is 5.32 Å². The Hall–Kier alpha value is -3.71. The number of nitrogens with one attached hydrogen (secondary N) is 1. The Morgan fingerprint density at radius 3 is 2.39 bits per heavy atom. The van der Waals surface area contributed by atoms with Gasteiger partial charge in [0, 0.05) is 11.3 Å². The molecule has 0 fully saturated rings. The summed E-state index contributed by atoms with van der Waals surface area (Å²) in [7, 11) is 0. The molecule has 0 spiro atoms. The highest BCUT2D eigenvalue weighted by molar-refractivity contribution is 7.99. The van der Waals surface area contributed by atoms with Gasteiger partial charge in [0.25, 0.3) is 5.56 Å². The minimum atomic E-state index is -0.254. The molecule has 0 aliphatic rings. The van der Waals surface area contributed by atoms with Gasteiger partial charge >= 0.3 is 0 Å². The van der Waals surface area contributed by atoms with Crippen LogP contribution in [0.4, 0.5) is 5.69 Å². The summed E-state index contributed by atoms with van der Waals surface area (Å²) in [6.45, 7) is 5.38. The monoisotopic (exact) mass is 457 g/mol. The van der Waals surface area contributed by atoms with Crippen LogP contribution in [0.25, 0.3) is 16.6 Å². The van der Waals surface area contributed by atoms with E-state index < -0.39 is 0 Å². The number of hydrogen-bond donors (Lipinski definition) is 1. The number of rotatable bonds is 6. The second kappa shape index (κ2) is 9.42. The van der Waals surface area contributed by atoms with Crippen molar-refractivity contribution in [2.45, 2.75) is 25.9 Å². The third kappa shape index (κ3) is 4.73. The second-order valence-corrected chi connectivity index (χ2v) is 8.71. The number of anilines is 1. The van der Waals surface area contributed by atoms with Gasteiger partial charge in [0.05, 0.1) is 22.3 Å². The standard InChI is InChI=1S/C26H23N3O3S/c1-16-8-6-9-17(2)24(16)29-25(32)21-12-4-5-13-22(21)28-26(29)33-15-23(31)27-20-11-7-10-19(14-20)18(3)30/h4-14H,15H2,1-3H3,(H,27,31). The van der Waals surface area contributed by atoms with Gasteiger partial charge in [-0.3, -0.25) is 19.0 Å². The molecule has 1 heterocycles. The molecule has 7 heteroatoms. The van der Waals surface area contributed by atoms with Crippen molar-refractivity contribution in [3.8, 4) is 5.69 Å². The first-order valence-electron chi connectivity index (χ1n) is 10.5. The van der Waals surface area contributed by atoms with Crippen molar-refractivity contribution in [2.75, 3.05) is 11.1 Å². The van der Waals surface area contributed by atoms with Gasteiger partial charge in [0.1, 0.15) is 0 Å². The number of hydrogen-bond acceptors (Lipinski definition) is 5. The largest absolute Gasteiger partial charge is 0.325 e. The van der Waals surface area contributed by atoms with Crippen molar-refractivity contribution in [3.63, 3.8) is 0 Å². The normalized spacial score (nSPS) is 10.9. The topological polar surface area (TPSA) is 81.1 Å². The third-order valence-electron chi connectivity index (χ3n) is 5.29. The summed E-state index contributed by atoms with van der Waals surface area (Å²) in [6.07, 6.45) is 0. The number of aryl methyl sites for hydroxylation is 2. The van der Waals surface area contributed by atoms with E-state index in [-0.39, 0.29) is 23.0 Å². The lowest BCUT2D eigenvalue weighted by atomic mass is 10.1. The number of amides is 1. The van der Waals surface area contributed by atoms with Crippen molar-refractivity contribution < 1.29 is 9.59 Å². The number of carbonyl (C=O) groups is 2. The van der Waals surface area contributed by atoms with Crippen LogP contribution in [0.1, 0.15) is 28.4 Å². The molecule has 0 bridgehead atoms. The maximum Gasteiger partial charge on any atom is 0.266 e. The summed E-state index contributed by atoms with van der Waals surface area (Å²) < 4.78 is 1.60. The lowest BCUT2D eigenvalue weighted by Gasteiger charge is -2.17. The van der Waals surface area contributed by atoms with Crippen LogP contribution in [0.2, 0.25) is 0 Å². The minimum absolute atomic E-state index is 0.0556. The first-order chi connectivity index (χ1) is 15.8. The fourth-order valence-corrected chi connectivity index (χ4v) is 4.51. The van der Waals surface area contributed by atoms with Crippen LogP contribution in [0.5, 0.6) is 0 Å². The van der Waals surface area contributed by atoms with Crippen molar-refractivity contribution in [1.29, 1.82) is 0 Å². The van der Waals surface area contributed by atoms with Crippen LogP contribution < -0.4 is 10.9 Å². The molecule has 166 valence electrons. The van der Waals surface area contributed by atoms with E-state index in [9.17, 15) is 14.4 Å². The molecule has 0 atom stereocenters.